The van der Waals surface area contributed by atoms with Gasteiger partial charge in [0, 0.05) is 11.7 Å². The van der Waals surface area contributed by atoms with E-state index in [9.17, 15) is 0 Å². The van der Waals surface area contributed by atoms with E-state index in [1.807, 2.05) is 6.07 Å². The Kier molecular flexibility index (Phi) is 3.05. The van der Waals surface area contributed by atoms with Gasteiger partial charge in [0.25, 0.3) is 0 Å². The van der Waals surface area contributed by atoms with Crippen LogP contribution in [0.25, 0.3) is 0 Å². The maximum Gasteiger partial charge on any atom is 0.0727 e. The van der Waals surface area contributed by atoms with Crippen molar-refractivity contribution in [3.05, 3.63) is 77.9 Å². The second kappa shape index (κ2) is 5.24. The molecule has 0 radical (unpaired) electrons. The summed E-state index contributed by atoms with van der Waals surface area (Å²) in [6.45, 7) is 6.20. The van der Waals surface area contributed by atoms with E-state index in [2.05, 4.69) is 91.3 Å². The molecule has 0 saturated carbocycles. The van der Waals surface area contributed by atoms with Gasteiger partial charge in [0.2, 0.25) is 0 Å². The SMILES string of the molecule is [2H]C1N(c2ccccc2C)[C@@H](C)C2C=CC(C)(c3ccccc3)N21. The second-order valence-corrected chi connectivity index (χ2v) is 6.82. The summed E-state index contributed by atoms with van der Waals surface area (Å²) < 4.78 is 9.00. The molecule has 1 fully saturated rings. The second-order valence-electron chi connectivity index (χ2n) is 6.82. The smallest absolute Gasteiger partial charge is 0.0727 e. The highest BCUT2D eigenvalue weighted by Gasteiger charge is 2.48. The first-order chi connectivity index (χ1) is 11.5. The Balaban J connectivity index is 1.76. The van der Waals surface area contributed by atoms with Gasteiger partial charge in [0.15, 0.2) is 0 Å². The van der Waals surface area contributed by atoms with Gasteiger partial charge in [-0.3, -0.25) is 4.90 Å². The van der Waals surface area contributed by atoms with Crippen LogP contribution in [0.15, 0.2) is 66.7 Å². The van der Waals surface area contributed by atoms with Crippen molar-refractivity contribution >= 4 is 5.69 Å². The Bertz CT molecular complexity index is 772. The molecule has 4 rings (SSSR count). The molecule has 0 spiro atoms. The van der Waals surface area contributed by atoms with E-state index in [0.717, 1.165) is 0 Å². The number of hydrogen-bond acceptors (Lipinski definition) is 2. The zero-order valence-electron chi connectivity index (χ0n) is 15.0. The van der Waals surface area contributed by atoms with Gasteiger partial charge in [-0.15, -0.1) is 0 Å². The van der Waals surface area contributed by atoms with Crippen molar-refractivity contribution in [2.24, 2.45) is 0 Å². The first kappa shape index (κ1) is 13.4. The third-order valence-corrected chi connectivity index (χ3v) is 5.41. The van der Waals surface area contributed by atoms with Gasteiger partial charge in [0.1, 0.15) is 0 Å². The van der Waals surface area contributed by atoms with E-state index >= 15 is 0 Å². The Labute approximate surface area is 140 Å². The van der Waals surface area contributed by atoms with Gasteiger partial charge in [-0.05, 0) is 38.0 Å². The van der Waals surface area contributed by atoms with Crippen LogP contribution < -0.4 is 4.90 Å². The largest absolute Gasteiger partial charge is 0.354 e. The molecule has 2 aliphatic heterocycles. The van der Waals surface area contributed by atoms with E-state index in [4.69, 9.17) is 1.37 Å². The molecule has 2 heterocycles. The fraction of sp³-hybridized carbons (Fsp3) is 0.333. The van der Waals surface area contributed by atoms with Crippen LogP contribution in [0.1, 0.15) is 26.3 Å². The maximum atomic E-state index is 9.00. The van der Waals surface area contributed by atoms with Crippen molar-refractivity contribution in [3.63, 3.8) is 0 Å². The lowest BCUT2D eigenvalue weighted by Crippen LogP contribution is -2.42. The van der Waals surface area contributed by atoms with Crippen molar-refractivity contribution in [2.75, 3.05) is 11.5 Å². The number of anilines is 1. The van der Waals surface area contributed by atoms with Crippen LogP contribution in [0.3, 0.4) is 0 Å². The minimum absolute atomic E-state index is 0.232. The highest BCUT2D eigenvalue weighted by Crippen LogP contribution is 2.43. The van der Waals surface area contributed by atoms with Crippen molar-refractivity contribution in [1.29, 1.82) is 0 Å². The summed E-state index contributed by atoms with van der Waals surface area (Å²) >= 11 is 0. The molecule has 2 aromatic rings. The van der Waals surface area contributed by atoms with Crippen LogP contribution in [-0.2, 0) is 5.54 Å². The number of aryl methyl sites for hydroxylation is 1. The number of fused-ring (bicyclic) bond motifs is 1. The summed E-state index contributed by atoms with van der Waals surface area (Å²) in [5, 5.41) is 0. The molecule has 3 unspecified atom stereocenters. The molecule has 2 heteroatoms. The Morgan fingerprint density at radius 1 is 1.09 bits per heavy atom. The van der Waals surface area contributed by atoms with Crippen molar-refractivity contribution in [3.8, 4) is 0 Å². The maximum absolute atomic E-state index is 9.00. The Morgan fingerprint density at radius 2 is 1.78 bits per heavy atom. The van der Waals surface area contributed by atoms with E-state index < -0.39 is 6.64 Å². The molecule has 23 heavy (non-hydrogen) atoms. The number of nitrogens with zero attached hydrogens (tertiary/aromatic N) is 2. The molecule has 2 aromatic carbocycles. The standard InChI is InChI=1S/C21H24N2/c1-16-9-7-8-12-19(16)22-15-23-20(17(22)2)13-14-21(23,3)18-10-5-4-6-11-18/h4-14,17,20H,15H2,1-3H3/t17-,20?,21?/m0/s1/i15D/t15?,17-,20?,21?. The molecule has 0 bridgehead atoms. The van der Waals surface area contributed by atoms with E-state index in [1.54, 1.807) is 0 Å². The molecule has 118 valence electrons. The normalized spacial score (nSPS) is 33.8. The van der Waals surface area contributed by atoms with E-state index in [1.165, 1.54) is 16.8 Å². The van der Waals surface area contributed by atoms with Gasteiger partial charge in [-0.1, -0.05) is 60.7 Å². The van der Waals surface area contributed by atoms with Gasteiger partial charge >= 0.3 is 0 Å². The van der Waals surface area contributed by atoms with Gasteiger partial charge in [-0.2, -0.15) is 0 Å². The average Bonchev–Trinajstić information content (AvgIpc) is 3.07. The quantitative estimate of drug-likeness (QED) is 0.763. The zero-order chi connectivity index (χ0) is 16.9. The summed E-state index contributed by atoms with van der Waals surface area (Å²) in [7, 11) is 0. The minimum Gasteiger partial charge on any atom is -0.354 e. The van der Waals surface area contributed by atoms with Gasteiger partial charge in [-0.25, -0.2) is 0 Å². The summed E-state index contributed by atoms with van der Waals surface area (Å²) in [5.41, 5.74) is 3.42. The van der Waals surface area contributed by atoms with Crippen molar-refractivity contribution in [1.82, 2.24) is 4.90 Å². The molecule has 0 aromatic heterocycles. The molecular formula is C21H24N2. The Morgan fingerprint density at radius 3 is 2.52 bits per heavy atom. The molecular weight excluding hydrogens is 280 g/mol. The van der Waals surface area contributed by atoms with Crippen molar-refractivity contribution < 1.29 is 1.37 Å². The predicted octanol–water partition coefficient (Wildman–Crippen LogP) is 4.32. The van der Waals surface area contributed by atoms with Crippen molar-refractivity contribution in [2.45, 2.75) is 38.4 Å². The van der Waals surface area contributed by atoms with E-state index in [-0.39, 0.29) is 17.6 Å². The number of rotatable bonds is 2. The molecule has 0 N–H and O–H groups in total. The van der Waals surface area contributed by atoms with Crippen LogP contribution in [0, 0.1) is 6.92 Å². The summed E-state index contributed by atoms with van der Waals surface area (Å²) in [4.78, 5) is 4.59. The average molecular weight is 305 g/mol. The summed E-state index contributed by atoms with van der Waals surface area (Å²) in [6.07, 6.45) is 4.57. The lowest BCUT2D eigenvalue weighted by molar-refractivity contribution is 0.172. The molecule has 2 nitrogen and oxygen atoms in total. The number of para-hydroxylation sites is 1. The first-order valence-electron chi connectivity index (χ1n) is 8.91. The van der Waals surface area contributed by atoms with Gasteiger partial charge in [0.05, 0.1) is 19.6 Å². The lowest BCUT2D eigenvalue weighted by atomic mass is 9.92. The lowest BCUT2D eigenvalue weighted by Gasteiger charge is -2.35. The third kappa shape index (κ3) is 2.13. The first-order valence-corrected chi connectivity index (χ1v) is 8.33. The molecule has 1 saturated heterocycles. The number of benzene rings is 2. The molecule has 4 atom stereocenters. The monoisotopic (exact) mass is 305 g/mol. The third-order valence-electron chi connectivity index (χ3n) is 5.41. The molecule has 2 aliphatic rings. The zero-order valence-corrected chi connectivity index (χ0v) is 14.0. The fourth-order valence-electron chi connectivity index (χ4n) is 3.92. The van der Waals surface area contributed by atoms with Gasteiger partial charge < -0.3 is 4.90 Å². The van der Waals surface area contributed by atoms with Crippen LogP contribution >= 0.6 is 0 Å². The predicted molar refractivity (Wildman–Crippen MR) is 96.5 cm³/mol. The van der Waals surface area contributed by atoms with Crippen LogP contribution in [0.5, 0.6) is 0 Å². The van der Waals surface area contributed by atoms with Crippen LogP contribution in [0.4, 0.5) is 5.69 Å². The highest BCUT2D eigenvalue weighted by molar-refractivity contribution is 5.56. The molecule has 0 amide bonds. The summed E-state index contributed by atoms with van der Waals surface area (Å²) in [6, 6.07) is 19.5. The summed E-state index contributed by atoms with van der Waals surface area (Å²) in [5.74, 6) is 0. The number of hydrogen-bond donors (Lipinski definition) is 0. The minimum atomic E-state index is -0.397. The van der Waals surface area contributed by atoms with E-state index in [0.29, 0.717) is 0 Å². The Hall–Kier alpha value is -2.06. The van der Waals surface area contributed by atoms with Crippen LogP contribution in [-0.4, -0.2) is 23.6 Å². The highest BCUT2D eigenvalue weighted by atomic mass is 15.4. The fourth-order valence-corrected chi connectivity index (χ4v) is 3.92. The topological polar surface area (TPSA) is 6.48 Å². The van der Waals surface area contributed by atoms with Crippen LogP contribution in [0.2, 0.25) is 0 Å². The molecule has 0 aliphatic carbocycles.